The third kappa shape index (κ3) is 1.07. The number of rotatable bonds is 1. The highest BCUT2D eigenvalue weighted by atomic mass is 16.1. The van der Waals surface area contributed by atoms with E-state index >= 15 is 0 Å². The first-order valence-corrected chi connectivity index (χ1v) is 5.30. The molecule has 0 N–H and O–H groups in total. The average molecular weight is 197 g/mol. The second-order valence-electron chi connectivity index (χ2n) is 4.57. The number of nitriles is 1. The lowest BCUT2D eigenvalue weighted by molar-refractivity contribution is -0.119. The summed E-state index contributed by atoms with van der Waals surface area (Å²) in [5.74, 6) is 0.713. The largest absolute Gasteiger partial charge is 0.299 e. The Hall–Kier alpha value is -1.62. The molecule has 2 aliphatic carbocycles. The minimum atomic E-state index is 0.158. The van der Waals surface area contributed by atoms with Gasteiger partial charge in [0.2, 0.25) is 0 Å². The van der Waals surface area contributed by atoms with E-state index in [2.05, 4.69) is 6.07 Å². The zero-order valence-corrected chi connectivity index (χ0v) is 8.36. The maximum atomic E-state index is 11.5. The maximum absolute atomic E-state index is 11.5. The van der Waals surface area contributed by atoms with Gasteiger partial charge in [-0.1, -0.05) is 12.1 Å². The minimum Gasteiger partial charge on any atom is -0.299 e. The number of ketones is 1. The molecule has 0 bridgehead atoms. The monoisotopic (exact) mass is 197 g/mol. The molecule has 1 aromatic rings. The number of Topliss-reactive ketones (excluding diaryl/α,β-unsaturated/α-hetero) is 1. The number of carbonyl (C=O) groups excluding carboxylic acids is 1. The van der Waals surface area contributed by atoms with Crippen LogP contribution in [0.1, 0.15) is 30.4 Å². The predicted molar refractivity (Wildman–Crippen MR) is 55.2 cm³/mol. The number of benzene rings is 1. The number of fused-ring (bicyclic) bond motifs is 1. The zero-order valence-electron chi connectivity index (χ0n) is 8.36. The van der Waals surface area contributed by atoms with Crippen LogP contribution >= 0.6 is 0 Å². The first-order valence-electron chi connectivity index (χ1n) is 5.30. The number of carbonyl (C=O) groups is 1. The lowest BCUT2D eigenvalue weighted by Crippen LogP contribution is -2.04. The fourth-order valence-electron chi connectivity index (χ4n) is 2.86. The molecule has 0 radical (unpaired) electrons. The Morgan fingerprint density at radius 1 is 1.33 bits per heavy atom. The molecular weight excluding hydrogens is 186 g/mol. The fraction of sp³-hybridized carbons (Fsp3) is 0.385. The molecule has 0 saturated heterocycles. The Morgan fingerprint density at radius 3 is 2.53 bits per heavy atom. The molecular formula is C13H11NO. The lowest BCUT2D eigenvalue weighted by atomic mass is 9.93. The molecule has 0 heterocycles. The standard InChI is InChI=1S/C13H11NO/c14-8-9-1-3-10(4-2-9)13-6-5-12(15)11(13)7-13/h1-4,11H,5-7H2/t11-,13-/m1/s1. The van der Waals surface area contributed by atoms with Crippen LogP contribution in [0.2, 0.25) is 0 Å². The van der Waals surface area contributed by atoms with Crippen LogP contribution in [0.4, 0.5) is 0 Å². The Kier molecular flexibility index (Phi) is 1.56. The van der Waals surface area contributed by atoms with Crippen molar-refractivity contribution in [1.29, 1.82) is 5.26 Å². The van der Waals surface area contributed by atoms with Crippen LogP contribution in [0.3, 0.4) is 0 Å². The molecule has 2 fully saturated rings. The average Bonchev–Trinajstić information content (AvgIpc) is 2.95. The smallest absolute Gasteiger partial charge is 0.136 e. The first kappa shape index (κ1) is 8.67. The van der Waals surface area contributed by atoms with Crippen LogP contribution in [-0.4, -0.2) is 5.78 Å². The molecule has 0 spiro atoms. The Bertz CT molecular complexity index is 468. The van der Waals surface area contributed by atoms with Crippen LogP contribution in [0.25, 0.3) is 0 Å². The zero-order chi connectivity index (χ0) is 10.5. The summed E-state index contributed by atoms with van der Waals surface area (Å²) >= 11 is 0. The van der Waals surface area contributed by atoms with Crippen molar-refractivity contribution in [2.75, 3.05) is 0 Å². The van der Waals surface area contributed by atoms with E-state index in [4.69, 9.17) is 5.26 Å². The Morgan fingerprint density at radius 2 is 2.07 bits per heavy atom. The summed E-state index contributed by atoms with van der Waals surface area (Å²) in [6.45, 7) is 0. The van der Waals surface area contributed by atoms with E-state index < -0.39 is 0 Å². The van der Waals surface area contributed by atoms with Crippen molar-refractivity contribution in [3.63, 3.8) is 0 Å². The first-order chi connectivity index (χ1) is 7.26. The van der Waals surface area contributed by atoms with Crippen LogP contribution in [0.15, 0.2) is 24.3 Å². The molecule has 2 aliphatic rings. The van der Waals surface area contributed by atoms with Gasteiger partial charge in [-0.05, 0) is 30.5 Å². The molecule has 0 aromatic heterocycles. The van der Waals surface area contributed by atoms with E-state index in [1.54, 1.807) is 0 Å². The third-order valence-electron chi connectivity index (χ3n) is 3.87. The molecule has 74 valence electrons. The number of hydrogen-bond donors (Lipinski definition) is 0. The van der Waals surface area contributed by atoms with Gasteiger partial charge in [0.15, 0.2) is 0 Å². The molecule has 0 aliphatic heterocycles. The highest BCUT2D eigenvalue weighted by molar-refractivity contribution is 5.89. The van der Waals surface area contributed by atoms with Gasteiger partial charge >= 0.3 is 0 Å². The molecule has 2 nitrogen and oxygen atoms in total. The highest BCUT2D eigenvalue weighted by Gasteiger charge is 2.62. The number of nitrogens with zero attached hydrogens (tertiary/aromatic N) is 1. The summed E-state index contributed by atoms with van der Waals surface area (Å²) in [5.41, 5.74) is 2.10. The van der Waals surface area contributed by atoms with Crippen LogP contribution < -0.4 is 0 Å². The van der Waals surface area contributed by atoms with Gasteiger partial charge in [0, 0.05) is 17.8 Å². The highest BCUT2D eigenvalue weighted by Crippen LogP contribution is 2.62. The van der Waals surface area contributed by atoms with Gasteiger partial charge in [-0.3, -0.25) is 4.79 Å². The topological polar surface area (TPSA) is 40.9 Å². The second-order valence-corrected chi connectivity index (χ2v) is 4.57. The van der Waals surface area contributed by atoms with Crippen LogP contribution in [0.5, 0.6) is 0 Å². The molecule has 2 heteroatoms. The molecule has 1 aromatic carbocycles. The molecule has 0 unspecified atom stereocenters. The summed E-state index contributed by atoms with van der Waals surface area (Å²) in [5, 5.41) is 8.71. The normalized spacial score (nSPS) is 32.2. The molecule has 0 amide bonds. The van der Waals surface area contributed by atoms with Gasteiger partial charge in [0.25, 0.3) is 0 Å². The summed E-state index contributed by atoms with van der Waals surface area (Å²) in [6, 6.07) is 9.83. The summed E-state index contributed by atoms with van der Waals surface area (Å²) in [6.07, 6.45) is 2.77. The van der Waals surface area contributed by atoms with Gasteiger partial charge in [0.05, 0.1) is 11.6 Å². The Balaban J connectivity index is 1.96. The van der Waals surface area contributed by atoms with Crippen LogP contribution in [-0.2, 0) is 10.2 Å². The van der Waals surface area contributed by atoms with Crippen molar-refractivity contribution in [3.8, 4) is 6.07 Å². The van der Waals surface area contributed by atoms with Crippen molar-refractivity contribution in [2.24, 2.45) is 5.92 Å². The third-order valence-corrected chi connectivity index (χ3v) is 3.87. The summed E-state index contributed by atoms with van der Waals surface area (Å²) in [7, 11) is 0. The number of hydrogen-bond acceptors (Lipinski definition) is 2. The molecule has 2 atom stereocenters. The van der Waals surface area contributed by atoms with Gasteiger partial charge in [-0.15, -0.1) is 0 Å². The molecule has 15 heavy (non-hydrogen) atoms. The summed E-state index contributed by atoms with van der Waals surface area (Å²) in [4.78, 5) is 11.5. The molecule has 2 saturated carbocycles. The van der Waals surface area contributed by atoms with E-state index in [1.165, 1.54) is 5.56 Å². The van der Waals surface area contributed by atoms with Gasteiger partial charge in [0.1, 0.15) is 5.78 Å². The van der Waals surface area contributed by atoms with E-state index in [0.29, 0.717) is 11.3 Å². The fourth-order valence-corrected chi connectivity index (χ4v) is 2.86. The predicted octanol–water partition coefficient (Wildman–Crippen LogP) is 2.18. The van der Waals surface area contributed by atoms with Gasteiger partial charge in [-0.2, -0.15) is 5.26 Å². The van der Waals surface area contributed by atoms with Gasteiger partial charge in [-0.25, -0.2) is 0 Å². The minimum absolute atomic E-state index is 0.158. The van der Waals surface area contributed by atoms with E-state index in [0.717, 1.165) is 19.3 Å². The lowest BCUT2D eigenvalue weighted by Gasteiger charge is -2.10. The van der Waals surface area contributed by atoms with E-state index in [9.17, 15) is 4.79 Å². The quantitative estimate of drug-likeness (QED) is 0.692. The van der Waals surface area contributed by atoms with Crippen LogP contribution in [0, 0.1) is 17.2 Å². The Labute approximate surface area is 88.5 Å². The SMILES string of the molecule is N#Cc1ccc([C@]23CCC(=O)[C@H]2C3)cc1. The van der Waals surface area contributed by atoms with Crippen molar-refractivity contribution < 1.29 is 4.79 Å². The molecule has 3 rings (SSSR count). The van der Waals surface area contributed by atoms with Crippen molar-refractivity contribution in [2.45, 2.75) is 24.7 Å². The van der Waals surface area contributed by atoms with E-state index in [1.807, 2.05) is 24.3 Å². The van der Waals surface area contributed by atoms with Gasteiger partial charge < -0.3 is 0 Å². The van der Waals surface area contributed by atoms with Crippen molar-refractivity contribution >= 4 is 5.78 Å². The van der Waals surface area contributed by atoms with Crippen molar-refractivity contribution in [1.82, 2.24) is 0 Å². The second kappa shape index (κ2) is 2.70. The van der Waals surface area contributed by atoms with E-state index in [-0.39, 0.29) is 11.3 Å². The van der Waals surface area contributed by atoms with Crippen molar-refractivity contribution in [3.05, 3.63) is 35.4 Å². The maximum Gasteiger partial charge on any atom is 0.136 e. The summed E-state index contributed by atoms with van der Waals surface area (Å²) < 4.78 is 0.